The summed E-state index contributed by atoms with van der Waals surface area (Å²) in [7, 11) is 1.68. The van der Waals surface area contributed by atoms with Crippen molar-refractivity contribution in [1.29, 1.82) is 0 Å². The summed E-state index contributed by atoms with van der Waals surface area (Å²) in [5.41, 5.74) is 0. The lowest BCUT2D eigenvalue weighted by Crippen LogP contribution is -2.49. The molecule has 0 saturated heterocycles. The van der Waals surface area contributed by atoms with Crippen molar-refractivity contribution in [1.82, 2.24) is 10.2 Å². The van der Waals surface area contributed by atoms with Gasteiger partial charge in [-0.1, -0.05) is 0 Å². The number of urea groups is 1. The summed E-state index contributed by atoms with van der Waals surface area (Å²) in [6, 6.07) is 1.01. The van der Waals surface area contributed by atoms with Crippen molar-refractivity contribution in [2.75, 3.05) is 20.3 Å². The molecule has 0 aromatic heterocycles. The molecule has 0 aliphatic heterocycles. The molecule has 0 spiro atoms. The highest BCUT2D eigenvalue weighted by Crippen LogP contribution is 2.27. The molecule has 0 atom stereocenters. The lowest BCUT2D eigenvalue weighted by Gasteiger charge is -2.30. The van der Waals surface area contributed by atoms with Gasteiger partial charge in [-0.2, -0.15) is 0 Å². The fourth-order valence-corrected chi connectivity index (χ4v) is 1.84. The van der Waals surface area contributed by atoms with E-state index in [0.29, 0.717) is 18.7 Å². The molecule has 0 aromatic rings. The van der Waals surface area contributed by atoms with Gasteiger partial charge < -0.3 is 15.0 Å². The van der Waals surface area contributed by atoms with Gasteiger partial charge in [-0.05, 0) is 32.1 Å². The first-order valence-electron chi connectivity index (χ1n) is 5.87. The van der Waals surface area contributed by atoms with Crippen LogP contribution in [0.3, 0.4) is 0 Å². The Morgan fingerprint density at radius 3 is 2.60 bits per heavy atom. The summed E-state index contributed by atoms with van der Waals surface area (Å²) in [4.78, 5) is 13.8. The minimum absolute atomic E-state index is 0.110. The molecule has 2 rings (SSSR count). The number of hydrogen-bond donors (Lipinski definition) is 1. The summed E-state index contributed by atoms with van der Waals surface area (Å²) in [5.74, 6) is 0. The Hall–Kier alpha value is -0.770. The van der Waals surface area contributed by atoms with Crippen molar-refractivity contribution in [3.63, 3.8) is 0 Å². The second-order valence-corrected chi connectivity index (χ2v) is 4.49. The summed E-state index contributed by atoms with van der Waals surface area (Å²) < 4.78 is 5.02. The third-order valence-electron chi connectivity index (χ3n) is 3.22. The van der Waals surface area contributed by atoms with E-state index in [1.807, 2.05) is 4.90 Å². The first-order chi connectivity index (χ1) is 7.31. The number of ether oxygens (including phenoxy) is 1. The Morgan fingerprint density at radius 1 is 1.40 bits per heavy atom. The fraction of sp³-hybridized carbons (Fsp3) is 0.909. The normalized spacial score (nSPS) is 20.9. The Balaban J connectivity index is 1.77. The largest absolute Gasteiger partial charge is 0.383 e. The number of methoxy groups -OCH3 is 1. The van der Waals surface area contributed by atoms with Crippen molar-refractivity contribution < 1.29 is 9.53 Å². The van der Waals surface area contributed by atoms with Gasteiger partial charge in [-0.25, -0.2) is 4.79 Å². The van der Waals surface area contributed by atoms with E-state index < -0.39 is 0 Å². The van der Waals surface area contributed by atoms with E-state index in [2.05, 4.69) is 5.32 Å². The number of rotatable bonds is 5. The lowest BCUT2D eigenvalue weighted by molar-refractivity contribution is 0.141. The van der Waals surface area contributed by atoms with E-state index in [9.17, 15) is 4.79 Å². The molecular weight excluding hydrogens is 192 g/mol. The van der Waals surface area contributed by atoms with E-state index in [0.717, 1.165) is 32.2 Å². The predicted octanol–water partition coefficient (Wildman–Crippen LogP) is 1.36. The SMILES string of the molecule is COCCN(C(=O)NC1CCC1)C1CC1. The molecular formula is C11H20N2O2. The van der Waals surface area contributed by atoms with Crippen LogP contribution in [0.5, 0.6) is 0 Å². The van der Waals surface area contributed by atoms with E-state index in [1.54, 1.807) is 7.11 Å². The van der Waals surface area contributed by atoms with Crippen molar-refractivity contribution in [2.45, 2.75) is 44.2 Å². The molecule has 0 heterocycles. The second kappa shape index (κ2) is 4.84. The van der Waals surface area contributed by atoms with Crippen LogP contribution < -0.4 is 5.32 Å². The summed E-state index contributed by atoms with van der Waals surface area (Å²) >= 11 is 0. The summed E-state index contributed by atoms with van der Waals surface area (Å²) in [5, 5.41) is 3.08. The highest BCUT2D eigenvalue weighted by Gasteiger charge is 2.33. The first-order valence-corrected chi connectivity index (χ1v) is 5.87. The number of carbonyl (C=O) groups excluding carboxylic acids is 1. The van der Waals surface area contributed by atoms with Crippen LogP contribution in [0, 0.1) is 0 Å². The van der Waals surface area contributed by atoms with Crippen LogP contribution in [0.15, 0.2) is 0 Å². The Kier molecular flexibility index (Phi) is 3.46. The molecule has 86 valence electrons. The monoisotopic (exact) mass is 212 g/mol. The van der Waals surface area contributed by atoms with Crippen LogP contribution >= 0.6 is 0 Å². The molecule has 2 amide bonds. The van der Waals surface area contributed by atoms with E-state index >= 15 is 0 Å². The third-order valence-corrected chi connectivity index (χ3v) is 3.22. The number of carbonyl (C=O) groups is 1. The standard InChI is InChI=1S/C11H20N2O2/c1-15-8-7-13(10-5-6-10)11(14)12-9-3-2-4-9/h9-10H,2-8H2,1H3,(H,12,14). The molecule has 1 N–H and O–H groups in total. The molecule has 0 radical (unpaired) electrons. The molecule has 0 aromatic carbocycles. The van der Waals surface area contributed by atoms with Crippen molar-refractivity contribution in [3.8, 4) is 0 Å². The zero-order chi connectivity index (χ0) is 10.7. The van der Waals surface area contributed by atoms with Gasteiger partial charge in [0, 0.05) is 25.7 Å². The molecule has 4 nitrogen and oxygen atoms in total. The maximum absolute atomic E-state index is 11.9. The van der Waals surface area contributed by atoms with E-state index in [-0.39, 0.29) is 6.03 Å². The minimum atomic E-state index is 0.110. The van der Waals surface area contributed by atoms with Gasteiger partial charge in [0.05, 0.1) is 6.61 Å². The molecule has 2 fully saturated rings. The first kappa shape index (κ1) is 10.7. The average molecular weight is 212 g/mol. The van der Waals surface area contributed by atoms with Gasteiger partial charge in [0.1, 0.15) is 0 Å². The Bertz CT molecular complexity index is 225. The zero-order valence-corrected chi connectivity index (χ0v) is 9.37. The second-order valence-electron chi connectivity index (χ2n) is 4.49. The number of nitrogens with one attached hydrogen (secondary N) is 1. The summed E-state index contributed by atoms with van der Waals surface area (Å²) in [6.45, 7) is 1.36. The van der Waals surface area contributed by atoms with Gasteiger partial charge in [0.25, 0.3) is 0 Å². The number of nitrogens with zero attached hydrogens (tertiary/aromatic N) is 1. The number of amides is 2. The fourth-order valence-electron chi connectivity index (χ4n) is 1.84. The molecule has 2 saturated carbocycles. The average Bonchev–Trinajstić information content (AvgIpc) is 2.96. The predicted molar refractivity (Wildman–Crippen MR) is 57.8 cm³/mol. The van der Waals surface area contributed by atoms with Crippen LogP contribution in [-0.4, -0.2) is 43.3 Å². The van der Waals surface area contributed by atoms with Crippen molar-refractivity contribution in [3.05, 3.63) is 0 Å². The molecule has 0 unspecified atom stereocenters. The van der Waals surface area contributed by atoms with Crippen LogP contribution in [0.25, 0.3) is 0 Å². The van der Waals surface area contributed by atoms with E-state index in [4.69, 9.17) is 4.74 Å². The third kappa shape index (κ3) is 2.84. The van der Waals surface area contributed by atoms with Crippen LogP contribution in [0.1, 0.15) is 32.1 Å². The van der Waals surface area contributed by atoms with E-state index in [1.165, 1.54) is 6.42 Å². The van der Waals surface area contributed by atoms with Gasteiger partial charge in [0.2, 0.25) is 0 Å². The molecule has 4 heteroatoms. The van der Waals surface area contributed by atoms with Crippen LogP contribution in [-0.2, 0) is 4.74 Å². The smallest absolute Gasteiger partial charge is 0.317 e. The maximum Gasteiger partial charge on any atom is 0.317 e. The number of hydrogen-bond acceptors (Lipinski definition) is 2. The van der Waals surface area contributed by atoms with Gasteiger partial charge in [-0.15, -0.1) is 0 Å². The van der Waals surface area contributed by atoms with Gasteiger partial charge in [0.15, 0.2) is 0 Å². The van der Waals surface area contributed by atoms with Gasteiger partial charge in [-0.3, -0.25) is 0 Å². The quantitative estimate of drug-likeness (QED) is 0.747. The van der Waals surface area contributed by atoms with Gasteiger partial charge >= 0.3 is 6.03 Å². The topological polar surface area (TPSA) is 41.6 Å². The highest BCUT2D eigenvalue weighted by molar-refractivity contribution is 5.75. The molecule has 2 aliphatic carbocycles. The summed E-state index contributed by atoms with van der Waals surface area (Å²) in [6.07, 6.45) is 5.86. The Morgan fingerprint density at radius 2 is 2.13 bits per heavy atom. The lowest BCUT2D eigenvalue weighted by atomic mass is 9.93. The zero-order valence-electron chi connectivity index (χ0n) is 9.37. The Labute approximate surface area is 91.0 Å². The van der Waals surface area contributed by atoms with Crippen molar-refractivity contribution >= 4 is 6.03 Å². The van der Waals surface area contributed by atoms with Crippen LogP contribution in [0.2, 0.25) is 0 Å². The molecule has 0 bridgehead atoms. The van der Waals surface area contributed by atoms with Crippen molar-refractivity contribution in [2.24, 2.45) is 0 Å². The molecule has 15 heavy (non-hydrogen) atoms. The highest BCUT2D eigenvalue weighted by atomic mass is 16.5. The van der Waals surface area contributed by atoms with Crippen LogP contribution in [0.4, 0.5) is 4.79 Å². The minimum Gasteiger partial charge on any atom is -0.383 e. The maximum atomic E-state index is 11.9. The molecule has 2 aliphatic rings.